The Morgan fingerprint density at radius 3 is 2.32 bits per heavy atom. The van der Waals surface area contributed by atoms with Gasteiger partial charge in [-0.15, -0.1) is 0 Å². The molecule has 8 nitrogen and oxygen atoms in total. The van der Waals surface area contributed by atoms with Gasteiger partial charge in [-0.25, -0.2) is 8.42 Å². The zero-order valence-corrected chi connectivity index (χ0v) is 10.9. The van der Waals surface area contributed by atoms with Crippen LogP contribution in [0.5, 0.6) is 0 Å². The van der Waals surface area contributed by atoms with Gasteiger partial charge in [0.25, 0.3) is 10.0 Å². The van der Waals surface area contributed by atoms with Crippen molar-refractivity contribution in [1.29, 1.82) is 0 Å². The van der Waals surface area contributed by atoms with E-state index in [0.29, 0.717) is 5.69 Å². The molecule has 0 aliphatic rings. The van der Waals surface area contributed by atoms with Gasteiger partial charge in [0.15, 0.2) is 0 Å². The highest BCUT2D eigenvalue weighted by atomic mass is 32.2. The molecule has 19 heavy (non-hydrogen) atoms. The fraction of sp³-hybridized carbons (Fsp3) is 0.200. The fourth-order valence-electron chi connectivity index (χ4n) is 1.15. The molecule has 0 heterocycles. The van der Waals surface area contributed by atoms with E-state index in [4.69, 9.17) is 5.73 Å². The van der Waals surface area contributed by atoms with Crippen LogP contribution in [0.15, 0.2) is 29.2 Å². The second-order valence-electron chi connectivity index (χ2n) is 3.55. The summed E-state index contributed by atoms with van der Waals surface area (Å²) in [7, 11) is -3.89. The van der Waals surface area contributed by atoms with Crippen molar-refractivity contribution >= 4 is 27.5 Å². The molecule has 2 amide bonds. The van der Waals surface area contributed by atoms with E-state index >= 15 is 0 Å². The highest BCUT2D eigenvalue weighted by Gasteiger charge is 2.14. The molecule has 1 aromatic rings. The first-order valence-corrected chi connectivity index (χ1v) is 6.59. The SMILES string of the molecule is CC(=O)Nc1ccc(S(=O)(=O)NOCC(N)=O)cc1. The first kappa shape index (κ1) is 15.1. The number of primary amides is 1. The lowest BCUT2D eigenvalue weighted by Crippen LogP contribution is -2.29. The Hall–Kier alpha value is -1.97. The van der Waals surface area contributed by atoms with E-state index in [1.54, 1.807) is 4.89 Å². The van der Waals surface area contributed by atoms with Crippen molar-refractivity contribution < 1.29 is 22.8 Å². The summed E-state index contributed by atoms with van der Waals surface area (Å²) in [4.78, 5) is 27.3. The summed E-state index contributed by atoms with van der Waals surface area (Å²) >= 11 is 0. The average molecular weight is 287 g/mol. The summed E-state index contributed by atoms with van der Waals surface area (Å²) in [5.74, 6) is -1.07. The van der Waals surface area contributed by atoms with Crippen LogP contribution in [0.4, 0.5) is 5.69 Å². The molecule has 0 aliphatic heterocycles. The minimum atomic E-state index is -3.89. The molecule has 9 heteroatoms. The molecule has 0 saturated heterocycles. The maximum atomic E-state index is 11.7. The van der Waals surface area contributed by atoms with E-state index in [9.17, 15) is 18.0 Å². The highest BCUT2D eigenvalue weighted by molar-refractivity contribution is 7.89. The van der Waals surface area contributed by atoms with E-state index in [2.05, 4.69) is 10.2 Å². The lowest BCUT2D eigenvalue weighted by Gasteiger charge is -2.07. The van der Waals surface area contributed by atoms with Gasteiger partial charge in [0, 0.05) is 12.6 Å². The maximum Gasteiger partial charge on any atom is 0.262 e. The fourth-order valence-corrected chi connectivity index (χ4v) is 1.95. The lowest BCUT2D eigenvalue weighted by atomic mass is 10.3. The van der Waals surface area contributed by atoms with Gasteiger partial charge >= 0.3 is 0 Å². The van der Waals surface area contributed by atoms with Crippen LogP contribution in [-0.4, -0.2) is 26.8 Å². The van der Waals surface area contributed by atoms with E-state index < -0.39 is 22.5 Å². The number of hydrogen-bond acceptors (Lipinski definition) is 5. The van der Waals surface area contributed by atoms with Crippen molar-refractivity contribution in [2.24, 2.45) is 5.73 Å². The van der Waals surface area contributed by atoms with E-state index in [-0.39, 0.29) is 10.8 Å². The molecule has 0 bridgehead atoms. The van der Waals surface area contributed by atoms with Crippen molar-refractivity contribution in [2.45, 2.75) is 11.8 Å². The number of amides is 2. The molecule has 0 aliphatic carbocycles. The molecule has 0 fully saturated rings. The molecule has 4 N–H and O–H groups in total. The second kappa shape index (κ2) is 6.27. The molecular formula is C10H13N3O5S. The summed E-state index contributed by atoms with van der Waals surface area (Å²) in [5, 5.41) is 2.49. The van der Waals surface area contributed by atoms with Gasteiger partial charge in [0.1, 0.15) is 6.61 Å². The van der Waals surface area contributed by atoms with Crippen molar-refractivity contribution in [3.05, 3.63) is 24.3 Å². The predicted octanol–water partition coefficient (Wildman–Crippen LogP) is -0.660. The molecule has 1 rings (SSSR count). The first-order chi connectivity index (χ1) is 8.81. The zero-order chi connectivity index (χ0) is 14.5. The van der Waals surface area contributed by atoms with Gasteiger partial charge in [-0.05, 0) is 24.3 Å². The highest BCUT2D eigenvalue weighted by Crippen LogP contribution is 2.13. The summed E-state index contributed by atoms with van der Waals surface area (Å²) in [6, 6.07) is 5.40. The first-order valence-electron chi connectivity index (χ1n) is 5.11. The maximum absolute atomic E-state index is 11.7. The van der Waals surface area contributed by atoms with Crippen molar-refractivity contribution in [3.63, 3.8) is 0 Å². The normalized spacial score (nSPS) is 11.0. The third-order valence-corrected chi connectivity index (χ3v) is 3.10. The van der Waals surface area contributed by atoms with Gasteiger partial charge < -0.3 is 11.1 Å². The number of anilines is 1. The smallest absolute Gasteiger partial charge is 0.262 e. The van der Waals surface area contributed by atoms with Gasteiger partial charge in [-0.2, -0.15) is 0 Å². The molecule has 0 radical (unpaired) electrons. The number of nitrogens with two attached hydrogens (primary N) is 1. The standard InChI is InChI=1S/C10H13N3O5S/c1-7(14)12-8-2-4-9(5-3-8)19(16,17)13-18-6-10(11)15/h2-5,13H,6H2,1H3,(H2,11,15)(H,12,14). The van der Waals surface area contributed by atoms with E-state index in [0.717, 1.165) is 0 Å². The molecule has 104 valence electrons. The minimum Gasteiger partial charge on any atom is -0.368 e. The van der Waals surface area contributed by atoms with Crippen LogP contribution in [0.1, 0.15) is 6.92 Å². The van der Waals surface area contributed by atoms with Crippen molar-refractivity contribution in [3.8, 4) is 0 Å². The van der Waals surface area contributed by atoms with E-state index in [1.807, 2.05) is 0 Å². The zero-order valence-electron chi connectivity index (χ0n) is 10.0. The van der Waals surface area contributed by atoms with Gasteiger partial charge in [-0.3, -0.25) is 14.4 Å². The number of benzene rings is 1. The molecule has 0 saturated carbocycles. The molecular weight excluding hydrogens is 274 g/mol. The largest absolute Gasteiger partial charge is 0.368 e. The Balaban J connectivity index is 2.73. The third kappa shape index (κ3) is 5.04. The van der Waals surface area contributed by atoms with Crippen LogP contribution in [-0.2, 0) is 24.4 Å². The number of rotatable bonds is 6. The molecule has 0 spiro atoms. The summed E-state index contributed by atoms with van der Waals surface area (Å²) < 4.78 is 23.3. The summed E-state index contributed by atoms with van der Waals surface area (Å²) in [5.41, 5.74) is 5.25. The third-order valence-electron chi connectivity index (χ3n) is 1.87. The van der Waals surface area contributed by atoms with Crippen LogP contribution >= 0.6 is 0 Å². The van der Waals surface area contributed by atoms with Crippen LogP contribution in [0.25, 0.3) is 0 Å². The van der Waals surface area contributed by atoms with Crippen LogP contribution in [0.3, 0.4) is 0 Å². The van der Waals surface area contributed by atoms with Crippen molar-refractivity contribution in [1.82, 2.24) is 4.89 Å². The van der Waals surface area contributed by atoms with E-state index in [1.165, 1.54) is 31.2 Å². The number of hydrogen-bond donors (Lipinski definition) is 3. The Bertz CT molecular complexity index is 567. The van der Waals surface area contributed by atoms with Crippen LogP contribution in [0.2, 0.25) is 0 Å². The van der Waals surface area contributed by atoms with Gasteiger partial charge in [0.2, 0.25) is 11.8 Å². The molecule has 0 unspecified atom stereocenters. The Labute approximate surface area is 109 Å². The van der Waals surface area contributed by atoms with Gasteiger partial charge in [-0.1, -0.05) is 4.89 Å². The van der Waals surface area contributed by atoms with Gasteiger partial charge in [0.05, 0.1) is 4.90 Å². The summed E-state index contributed by atoms with van der Waals surface area (Å²) in [6.45, 7) is 0.771. The minimum absolute atomic E-state index is 0.0777. The molecule has 1 aromatic carbocycles. The van der Waals surface area contributed by atoms with Crippen molar-refractivity contribution in [2.75, 3.05) is 11.9 Å². The number of nitrogens with one attached hydrogen (secondary N) is 2. The number of sulfonamides is 1. The topological polar surface area (TPSA) is 128 Å². The number of carbonyl (C=O) groups excluding carboxylic acids is 2. The average Bonchev–Trinajstić information content (AvgIpc) is 2.28. The second-order valence-corrected chi connectivity index (χ2v) is 5.19. The summed E-state index contributed by atoms with van der Waals surface area (Å²) in [6.07, 6.45) is 0. The quantitative estimate of drug-likeness (QED) is 0.598. The van der Waals surface area contributed by atoms with Crippen LogP contribution in [0, 0.1) is 0 Å². The Morgan fingerprint density at radius 2 is 1.84 bits per heavy atom. The Kier molecular flexibility index (Phi) is 4.98. The monoisotopic (exact) mass is 287 g/mol. The Morgan fingerprint density at radius 1 is 1.26 bits per heavy atom. The van der Waals surface area contributed by atoms with Crippen LogP contribution < -0.4 is 15.9 Å². The molecule has 0 aromatic heterocycles. The lowest BCUT2D eigenvalue weighted by molar-refractivity contribution is -0.123. The molecule has 0 atom stereocenters. The predicted molar refractivity (Wildman–Crippen MR) is 66.2 cm³/mol. The number of carbonyl (C=O) groups is 2.